The van der Waals surface area contributed by atoms with Crippen LogP contribution in [-0.2, 0) is 11.2 Å². The molecule has 1 heterocycles. The second-order valence-electron chi connectivity index (χ2n) is 8.67. The Labute approximate surface area is 203 Å². The molecule has 184 valence electrons. The van der Waals surface area contributed by atoms with Crippen molar-refractivity contribution in [2.75, 3.05) is 19.7 Å². The van der Waals surface area contributed by atoms with Gasteiger partial charge in [-0.25, -0.2) is 0 Å². The molecule has 4 nitrogen and oxygen atoms in total. The first-order valence-electron chi connectivity index (χ1n) is 11.8. The van der Waals surface area contributed by atoms with Crippen LogP contribution < -0.4 is 9.47 Å². The van der Waals surface area contributed by atoms with Gasteiger partial charge in [-0.2, -0.15) is 0 Å². The Hall–Kier alpha value is -3.48. The molecule has 0 unspecified atom stereocenters. The summed E-state index contributed by atoms with van der Waals surface area (Å²) in [5.74, 6) is 0.815. The summed E-state index contributed by atoms with van der Waals surface area (Å²) in [6, 6.07) is 23.8. The molecule has 0 bridgehead atoms. The summed E-state index contributed by atoms with van der Waals surface area (Å²) in [6.45, 7) is 1.21. The minimum Gasteiger partial charge on any atom is -0.483 e. The van der Waals surface area contributed by atoms with Crippen molar-refractivity contribution >= 4 is 5.91 Å². The van der Waals surface area contributed by atoms with E-state index in [0.717, 1.165) is 30.4 Å². The minimum absolute atomic E-state index is 0.0311. The first-order valence-corrected chi connectivity index (χ1v) is 11.8. The third kappa shape index (κ3) is 7.01. The molecule has 1 fully saturated rings. The highest BCUT2D eigenvalue weighted by Gasteiger charge is 2.32. The molecular formula is C28H28F3NO3. The number of piperidine rings is 1. The number of carbonyl (C=O) groups is 1. The summed E-state index contributed by atoms with van der Waals surface area (Å²) in [4.78, 5) is 14.6. The molecule has 0 atom stereocenters. The second kappa shape index (κ2) is 11.3. The molecule has 4 rings (SSSR count). The van der Waals surface area contributed by atoms with Crippen LogP contribution in [0.4, 0.5) is 13.2 Å². The quantitative estimate of drug-likeness (QED) is 0.367. The molecule has 0 spiro atoms. The van der Waals surface area contributed by atoms with Crippen LogP contribution in [0.1, 0.15) is 24.8 Å². The zero-order chi connectivity index (χ0) is 24.7. The molecule has 3 aromatic carbocycles. The zero-order valence-electron chi connectivity index (χ0n) is 19.3. The molecule has 0 aliphatic carbocycles. The van der Waals surface area contributed by atoms with Gasteiger partial charge in [0.1, 0.15) is 11.5 Å². The number of hydrogen-bond donors (Lipinski definition) is 0. The van der Waals surface area contributed by atoms with Gasteiger partial charge in [-0.1, -0.05) is 66.7 Å². The van der Waals surface area contributed by atoms with Gasteiger partial charge in [0.15, 0.2) is 6.61 Å². The summed E-state index contributed by atoms with van der Waals surface area (Å²) in [7, 11) is 0. The lowest BCUT2D eigenvalue weighted by molar-refractivity contribution is -0.274. The van der Waals surface area contributed by atoms with Crippen LogP contribution in [0, 0.1) is 5.92 Å². The van der Waals surface area contributed by atoms with Gasteiger partial charge in [-0.05, 0) is 54.9 Å². The Balaban J connectivity index is 1.26. The standard InChI is InChI=1S/C28H28F3NO3/c29-28(30,31)35-25-12-6-4-10-23(25)15-14-21-16-18-32(19-17-21)27(33)20-34-26-13-7-5-11-24(26)22-8-2-1-3-9-22/h1-13,21H,14-20H2. The number of amides is 1. The third-order valence-corrected chi connectivity index (χ3v) is 6.31. The monoisotopic (exact) mass is 483 g/mol. The van der Waals surface area contributed by atoms with E-state index in [1.807, 2.05) is 59.5 Å². The SMILES string of the molecule is O=C(COc1ccccc1-c1ccccc1)N1CCC(CCc2ccccc2OC(F)(F)F)CC1. The lowest BCUT2D eigenvalue weighted by Crippen LogP contribution is -2.41. The van der Waals surface area contributed by atoms with Gasteiger partial charge in [0.25, 0.3) is 5.91 Å². The number of hydrogen-bond acceptors (Lipinski definition) is 3. The third-order valence-electron chi connectivity index (χ3n) is 6.31. The fourth-order valence-electron chi connectivity index (χ4n) is 4.44. The normalized spacial score (nSPS) is 14.5. The van der Waals surface area contributed by atoms with Gasteiger partial charge in [-0.15, -0.1) is 13.2 Å². The van der Waals surface area contributed by atoms with E-state index in [1.165, 1.54) is 12.1 Å². The van der Waals surface area contributed by atoms with Crippen molar-refractivity contribution < 1.29 is 27.4 Å². The van der Waals surface area contributed by atoms with E-state index in [-0.39, 0.29) is 18.3 Å². The Morgan fingerprint density at radius 2 is 1.49 bits per heavy atom. The van der Waals surface area contributed by atoms with E-state index in [9.17, 15) is 18.0 Å². The lowest BCUT2D eigenvalue weighted by atomic mass is 9.90. The minimum atomic E-state index is -4.70. The lowest BCUT2D eigenvalue weighted by Gasteiger charge is -2.32. The number of nitrogens with zero attached hydrogens (tertiary/aromatic N) is 1. The first-order chi connectivity index (χ1) is 16.9. The maximum absolute atomic E-state index is 12.8. The van der Waals surface area contributed by atoms with E-state index in [4.69, 9.17) is 4.74 Å². The van der Waals surface area contributed by atoms with Crippen molar-refractivity contribution in [1.82, 2.24) is 4.90 Å². The van der Waals surface area contributed by atoms with Gasteiger partial charge in [0.05, 0.1) is 0 Å². The summed E-state index contributed by atoms with van der Waals surface area (Å²) < 4.78 is 48.0. The predicted octanol–water partition coefficient (Wildman–Crippen LogP) is 6.50. The molecule has 7 heteroatoms. The summed E-state index contributed by atoms with van der Waals surface area (Å²) in [5.41, 5.74) is 2.52. The number of halogens is 3. The number of aryl methyl sites for hydroxylation is 1. The van der Waals surface area contributed by atoms with Crippen LogP contribution in [0.2, 0.25) is 0 Å². The van der Waals surface area contributed by atoms with Crippen molar-refractivity contribution in [1.29, 1.82) is 0 Å². The van der Waals surface area contributed by atoms with Crippen LogP contribution >= 0.6 is 0 Å². The van der Waals surface area contributed by atoms with Crippen LogP contribution in [0.25, 0.3) is 11.1 Å². The fraction of sp³-hybridized carbons (Fsp3) is 0.321. The number of ether oxygens (including phenoxy) is 2. The Kier molecular flexibility index (Phi) is 7.95. The molecule has 0 saturated carbocycles. The largest absolute Gasteiger partial charge is 0.573 e. The van der Waals surface area contributed by atoms with E-state index in [1.54, 1.807) is 12.1 Å². The number of benzene rings is 3. The van der Waals surface area contributed by atoms with Gasteiger partial charge < -0.3 is 14.4 Å². The van der Waals surface area contributed by atoms with Gasteiger partial charge in [0.2, 0.25) is 0 Å². The number of alkyl halides is 3. The molecule has 0 radical (unpaired) electrons. The van der Waals surface area contributed by atoms with E-state index in [0.29, 0.717) is 36.7 Å². The number of likely N-dealkylation sites (tertiary alicyclic amines) is 1. The summed E-state index contributed by atoms with van der Waals surface area (Å²) >= 11 is 0. The number of rotatable bonds is 8. The predicted molar refractivity (Wildman–Crippen MR) is 128 cm³/mol. The highest BCUT2D eigenvalue weighted by Crippen LogP contribution is 2.31. The topological polar surface area (TPSA) is 38.8 Å². The summed E-state index contributed by atoms with van der Waals surface area (Å²) in [6.07, 6.45) is -1.82. The smallest absolute Gasteiger partial charge is 0.483 e. The Morgan fingerprint density at radius 3 is 2.20 bits per heavy atom. The van der Waals surface area contributed by atoms with Crippen LogP contribution in [-0.4, -0.2) is 36.9 Å². The van der Waals surface area contributed by atoms with Crippen molar-refractivity contribution in [2.24, 2.45) is 5.92 Å². The van der Waals surface area contributed by atoms with E-state index >= 15 is 0 Å². The molecule has 1 amide bonds. The first kappa shape index (κ1) is 24.6. The van der Waals surface area contributed by atoms with Gasteiger partial charge >= 0.3 is 6.36 Å². The highest BCUT2D eigenvalue weighted by molar-refractivity contribution is 5.78. The maximum Gasteiger partial charge on any atom is 0.573 e. The van der Waals surface area contributed by atoms with E-state index in [2.05, 4.69) is 4.74 Å². The van der Waals surface area contributed by atoms with Crippen molar-refractivity contribution in [3.05, 3.63) is 84.4 Å². The van der Waals surface area contributed by atoms with Crippen LogP contribution in [0.5, 0.6) is 11.5 Å². The van der Waals surface area contributed by atoms with Crippen molar-refractivity contribution in [3.63, 3.8) is 0 Å². The molecular weight excluding hydrogens is 455 g/mol. The molecule has 1 saturated heterocycles. The van der Waals surface area contributed by atoms with Crippen molar-refractivity contribution in [3.8, 4) is 22.6 Å². The molecule has 0 aromatic heterocycles. The second-order valence-corrected chi connectivity index (χ2v) is 8.67. The average Bonchev–Trinajstić information content (AvgIpc) is 2.87. The molecule has 1 aliphatic heterocycles. The Bertz CT molecular complexity index is 1110. The molecule has 35 heavy (non-hydrogen) atoms. The van der Waals surface area contributed by atoms with Crippen LogP contribution in [0.15, 0.2) is 78.9 Å². The van der Waals surface area contributed by atoms with Gasteiger partial charge in [0, 0.05) is 18.7 Å². The van der Waals surface area contributed by atoms with Crippen molar-refractivity contribution in [2.45, 2.75) is 32.0 Å². The van der Waals surface area contributed by atoms with Crippen LogP contribution in [0.3, 0.4) is 0 Å². The number of carbonyl (C=O) groups excluding carboxylic acids is 1. The average molecular weight is 484 g/mol. The van der Waals surface area contributed by atoms with E-state index < -0.39 is 6.36 Å². The summed E-state index contributed by atoms with van der Waals surface area (Å²) in [5, 5.41) is 0. The molecule has 0 N–H and O–H groups in total. The molecule has 3 aromatic rings. The maximum atomic E-state index is 12.8. The molecule has 1 aliphatic rings. The fourth-order valence-corrected chi connectivity index (χ4v) is 4.44. The Morgan fingerprint density at radius 1 is 0.857 bits per heavy atom. The highest BCUT2D eigenvalue weighted by atomic mass is 19.4. The zero-order valence-corrected chi connectivity index (χ0v) is 19.3. The number of para-hydroxylation sites is 2. The van der Waals surface area contributed by atoms with Gasteiger partial charge in [-0.3, -0.25) is 4.79 Å².